The van der Waals surface area contributed by atoms with Crippen molar-refractivity contribution in [3.05, 3.63) is 39.5 Å². The van der Waals surface area contributed by atoms with Crippen molar-refractivity contribution in [3.8, 4) is 11.5 Å². The lowest BCUT2D eigenvalue weighted by molar-refractivity contribution is -0.0918. The summed E-state index contributed by atoms with van der Waals surface area (Å²) in [5.74, 6) is 2.58. The van der Waals surface area contributed by atoms with Crippen LogP contribution in [-0.2, 0) is 9.16 Å². The molecule has 1 aromatic rings. The second-order valence-electron chi connectivity index (χ2n) is 13.3. The Morgan fingerprint density at radius 3 is 2.22 bits per heavy atom. The molecule has 0 radical (unpaired) electrons. The third kappa shape index (κ3) is 5.12. The van der Waals surface area contributed by atoms with E-state index < -0.39 is 22.9 Å². The zero-order valence-corrected chi connectivity index (χ0v) is 25.8. The van der Waals surface area contributed by atoms with E-state index in [0.717, 1.165) is 50.8 Å². The first-order valence-electron chi connectivity index (χ1n) is 13.1. The van der Waals surface area contributed by atoms with Gasteiger partial charge < -0.3 is 23.4 Å². The maximum Gasteiger partial charge on any atom is 0.250 e. The van der Waals surface area contributed by atoms with Gasteiger partial charge in [0.05, 0.1) is 13.2 Å². The lowest BCUT2D eigenvalue weighted by Gasteiger charge is -2.37. The molecule has 0 aromatic heterocycles. The van der Waals surface area contributed by atoms with Gasteiger partial charge in [0.2, 0.25) is 8.32 Å². The normalized spacial score (nSPS) is 20.5. The van der Waals surface area contributed by atoms with Crippen LogP contribution in [0.25, 0.3) is 17.7 Å². The number of benzene rings is 1. The van der Waals surface area contributed by atoms with E-state index in [2.05, 4.69) is 92.0 Å². The SMILES string of the molecule is CC(C)(C)[Si](C)(C)OC1=Cc2c3c(cc(O[Si](C)(C)C(C)(C)C)c2=C2COC(O)CC2=C1)=CCCO3. The number of rotatable bonds is 4. The van der Waals surface area contributed by atoms with Crippen molar-refractivity contribution in [2.45, 2.75) is 96.9 Å². The predicted molar refractivity (Wildman–Crippen MR) is 152 cm³/mol. The summed E-state index contributed by atoms with van der Waals surface area (Å²) in [7, 11) is -4.25. The van der Waals surface area contributed by atoms with Crippen LogP contribution in [0.5, 0.6) is 11.5 Å². The van der Waals surface area contributed by atoms with Gasteiger partial charge in [0.15, 0.2) is 6.29 Å². The fourth-order valence-electron chi connectivity index (χ4n) is 4.21. The topological polar surface area (TPSA) is 57.2 Å². The van der Waals surface area contributed by atoms with Crippen LogP contribution in [0.4, 0.5) is 0 Å². The Kier molecular flexibility index (Phi) is 6.95. The number of hydrogen-bond acceptors (Lipinski definition) is 5. The van der Waals surface area contributed by atoms with E-state index in [-0.39, 0.29) is 10.1 Å². The van der Waals surface area contributed by atoms with Gasteiger partial charge in [0.1, 0.15) is 17.3 Å². The van der Waals surface area contributed by atoms with Crippen LogP contribution < -0.4 is 19.6 Å². The Morgan fingerprint density at radius 1 is 0.944 bits per heavy atom. The molecule has 1 fully saturated rings. The summed E-state index contributed by atoms with van der Waals surface area (Å²) in [6.07, 6.45) is 6.94. The van der Waals surface area contributed by atoms with E-state index in [0.29, 0.717) is 19.6 Å². The molecule has 0 saturated carbocycles. The number of allylic oxidation sites excluding steroid dienone is 1. The molecule has 1 aliphatic carbocycles. The van der Waals surface area contributed by atoms with Crippen LogP contribution in [0.2, 0.25) is 36.3 Å². The molecule has 1 unspecified atom stereocenters. The Balaban J connectivity index is 2.02. The van der Waals surface area contributed by atoms with Gasteiger partial charge in [-0.3, -0.25) is 0 Å². The third-order valence-corrected chi connectivity index (χ3v) is 17.2. The lowest BCUT2D eigenvalue weighted by Crippen LogP contribution is -2.45. The minimum absolute atomic E-state index is 0.0514. The Morgan fingerprint density at radius 2 is 1.58 bits per heavy atom. The van der Waals surface area contributed by atoms with Crippen molar-refractivity contribution in [2.24, 2.45) is 0 Å². The Bertz CT molecular complexity index is 1230. The van der Waals surface area contributed by atoms with E-state index in [9.17, 15) is 5.11 Å². The van der Waals surface area contributed by atoms with Crippen molar-refractivity contribution in [1.29, 1.82) is 0 Å². The monoisotopic (exact) mass is 528 g/mol. The molecule has 2 heterocycles. The molecule has 3 aliphatic rings. The van der Waals surface area contributed by atoms with Crippen molar-refractivity contribution < 1.29 is 23.4 Å². The highest BCUT2D eigenvalue weighted by Gasteiger charge is 2.41. The summed E-state index contributed by atoms with van der Waals surface area (Å²) in [5.41, 5.74) is 3.08. The Labute approximate surface area is 218 Å². The molecule has 2 aliphatic heterocycles. The van der Waals surface area contributed by atoms with E-state index in [1.54, 1.807) is 0 Å². The smallest absolute Gasteiger partial charge is 0.250 e. The van der Waals surface area contributed by atoms with E-state index >= 15 is 0 Å². The maximum atomic E-state index is 10.4. The highest BCUT2D eigenvalue weighted by molar-refractivity contribution is 6.75. The van der Waals surface area contributed by atoms with Crippen LogP contribution in [-0.4, -0.2) is 41.2 Å². The van der Waals surface area contributed by atoms with Crippen molar-refractivity contribution >= 4 is 34.4 Å². The highest BCUT2D eigenvalue weighted by atomic mass is 28.4. The molecule has 0 amide bonds. The van der Waals surface area contributed by atoms with Crippen LogP contribution in [0.15, 0.2) is 23.5 Å². The fraction of sp³-hybridized carbons (Fsp3) is 0.586. The molecule has 1 N–H and O–H groups in total. The van der Waals surface area contributed by atoms with Crippen LogP contribution in [0, 0.1) is 0 Å². The third-order valence-electron chi connectivity index (χ3n) is 8.50. The van der Waals surface area contributed by atoms with Crippen molar-refractivity contribution in [2.75, 3.05) is 13.2 Å². The lowest BCUT2D eigenvalue weighted by atomic mass is 9.95. The fourth-order valence-corrected chi connectivity index (χ4v) is 6.24. The van der Waals surface area contributed by atoms with Crippen LogP contribution >= 0.6 is 0 Å². The predicted octanol–water partition coefficient (Wildman–Crippen LogP) is 5.83. The molecule has 1 atom stereocenters. The molecule has 1 aromatic carbocycles. The zero-order valence-electron chi connectivity index (χ0n) is 23.8. The molecule has 1 saturated heterocycles. The zero-order chi connectivity index (χ0) is 26.7. The summed E-state index contributed by atoms with van der Waals surface area (Å²) >= 11 is 0. The van der Waals surface area contributed by atoms with Gasteiger partial charge in [-0.25, -0.2) is 0 Å². The van der Waals surface area contributed by atoms with Gasteiger partial charge in [-0.2, -0.15) is 0 Å². The first-order valence-corrected chi connectivity index (χ1v) is 19.0. The average molecular weight is 529 g/mol. The molecule has 198 valence electrons. The van der Waals surface area contributed by atoms with Crippen molar-refractivity contribution in [1.82, 2.24) is 0 Å². The number of hydrogen-bond donors (Lipinski definition) is 1. The van der Waals surface area contributed by atoms with E-state index in [1.165, 1.54) is 0 Å². The van der Waals surface area contributed by atoms with Gasteiger partial charge >= 0.3 is 0 Å². The van der Waals surface area contributed by atoms with Gasteiger partial charge in [0, 0.05) is 28.8 Å². The molecule has 4 rings (SSSR count). The minimum atomic E-state index is -2.14. The van der Waals surface area contributed by atoms with Gasteiger partial charge in [-0.1, -0.05) is 47.6 Å². The van der Waals surface area contributed by atoms with Gasteiger partial charge in [0.25, 0.3) is 8.32 Å². The number of fused-ring (bicyclic) bond motifs is 4. The summed E-state index contributed by atoms with van der Waals surface area (Å²) in [6.45, 7) is 23.6. The minimum Gasteiger partial charge on any atom is -0.543 e. The maximum absolute atomic E-state index is 10.4. The summed E-state index contributed by atoms with van der Waals surface area (Å²) < 4.78 is 25.9. The van der Waals surface area contributed by atoms with Gasteiger partial charge in [-0.05, 0) is 65.6 Å². The second-order valence-corrected chi connectivity index (χ2v) is 22.8. The number of aliphatic hydroxyl groups is 1. The largest absolute Gasteiger partial charge is 0.543 e. The molecule has 36 heavy (non-hydrogen) atoms. The average Bonchev–Trinajstić information content (AvgIpc) is 2.87. The van der Waals surface area contributed by atoms with Crippen LogP contribution in [0.1, 0.15) is 59.9 Å². The second kappa shape index (κ2) is 9.19. The number of ether oxygens (including phenoxy) is 2. The molecular weight excluding hydrogens is 484 g/mol. The summed E-state index contributed by atoms with van der Waals surface area (Å²) in [6, 6.07) is 2.15. The van der Waals surface area contributed by atoms with Crippen LogP contribution in [0.3, 0.4) is 0 Å². The van der Waals surface area contributed by atoms with Crippen molar-refractivity contribution in [3.63, 3.8) is 0 Å². The molecule has 0 bridgehead atoms. The molecule has 7 heteroatoms. The molecule has 5 nitrogen and oxygen atoms in total. The quantitative estimate of drug-likeness (QED) is 0.499. The summed E-state index contributed by atoms with van der Waals surface area (Å²) in [4.78, 5) is 0. The van der Waals surface area contributed by atoms with Gasteiger partial charge in [-0.15, -0.1) is 0 Å². The standard InChI is InChI=1S/C29H44O5Si2/c1-28(2,3)35(7,8)33-21-14-20-16-25(30)32-18-23(20)26-22(17-21)27-19(12-11-13-31-27)15-24(26)34-36(9,10)29(4,5)6/h12,14-15,17,25,30H,11,13,16,18H2,1-10H3. The Hall–Kier alpha value is -1.81. The summed E-state index contributed by atoms with van der Waals surface area (Å²) in [5, 5.41) is 12.6. The highest BCUT2D eigenvalue weighted by Crippen LogP contribution is 2.41. The molecular formula is C29H44O5Si2. The van der Waals surface area contributed by atoms with E-state index in [4.69, 9.17) is 18.3 Å². The molecule has 0 spiro atoms. The first-order chi connectivity index (χ1) is 16.5. The number of aliphatic hydroxyl groups excluding tert-OH is 1. The van der Waals surface area contributed by atoms with E-state index in [1.807, 2.05) is 0 Å². The first kappa shape index (κ1) is 27.2.